The van der Waals surface area contributed by atoms with Crippen molar-refractivity contribution in [2.75, 3.05) is 6.61 Å². The van der Waals surface area contributed by atoms with Gasteiger partial charge in [-0.15, -0.1) is 0 Å². The van der Waals surface area contributed by atoms with E-state index in [1.165, 1.54) is 4.90 Å². The van der Waals surface area contributed by atoms with Crippen LogP contribution in [0.15, 0.2) is 51.8 Å². The molecule has 1 heterocycles. The van der Waals surface area contributed by atoms with Crippen LogP contribution >= 0.6 is 50.3 Å². The summed E-state index contributed by atoms with van der Waals surface area (Å²) in [6.07, 6.45) is 1.75. The minimum atomic E-state index is -0.259. The molecule has 4 nitrogen and oxygen atoms in total. The van der Waals surface area contributed by atoms with Crippen LogP contribution in [-0.4, -0.2) is 22.7 Å². The Hall–Kier alpha value is -1.32. The van der Waals surface area contributed by atoms with Gasteiger partial charge in [-0.3, -0.25) is 14.5 Å². The predicted octanol–water partition coefficient (Wildman–Crippen LogP) is 6.33. The zero-order valence-corrected chi connectivity index (χ0v) is 20.0. The summed E-state index contributed by atoms with van der Waals surface area (Å²) < 4.78 is 7.68. The lowest BCUT2D eigenvalue weighted by atomic mass is 10.2. The molecule has 146 valence electrons. The molecular weight excluding hydrogens is 553 g/mol. The van der Waals surface area contributed by atoms with Crippen molar-refractivity contribution in [1.82, 2.24) is 4.90 Å². The van der Waals surface area contributed by atoms with E-state index in [2.05, 4.69) is 52.4 Å². The molecule has 7 heteroatoms. The Bertz CT molecular complexity index is 928. The summed E-state index contributed by atoms with van der Waals surface area (Å²) in [5, 5.41) is -0.245. The largest absolute Gasteiger partial charge is 0.492 e. The number of hydrogen-bond acceptors (Lipinski definition) is 4. The minimum Gasteiger partial charge on any atom is -0.492 e. The first-order chi connectivity index (χ1) is 13.3. The normalized spacial score (nSPS) is 15.8. The maximum Gasteiger partial charge on any atom is 0.293 e. The molecule has 0 aliphatic carbocycles. The fourth-order valence-electron chi connectivity index (χ4n) is 2.54. The van der Waals surface area contributed by atoms with Gasteiger partial charge in [0, 0.05) is 3.57 Å². The van der Waals surface area contributed by atoms with E-state index in [0.717, 1.165) is 36.7 Å². The fraction of sp³-hybridized carbons (Fsp3) is 0.238. The molecule has 1 aliphatic rings. The van der Waals surface area contributed by atoms with Crippen LogP contribution in [0.2, 0.25) is 0 Å². The van der Waals surface area contributed by atoms with Crippen LogP contribution in [0.5, 0.6) is 5.75 Å². The van der Waals surface area contributed by atoms with Gasteiger partial charge in [0.1, 0.15) is 5.75 Å². The molecule has 2 amide bonds. The van der Waals surface area contributed by atoms with Gasteiger partial charge in [-0.2, -0.15) is 0 Å². The molecule has 0 bridgehead atoms. The van der Waals surface area contributed by atoms with E-state index in [-0.39, 0.29) is 17.7 Å². The summed E-state index contributed by atoms with van der Waals surface area (Å²) in [7, 11) is 0. The number of benzene rings is 2. The number of carbonyl (C=O) groups is 2. The molecule has 2 aromatic carbocycles. The van der Waals surface area contributed by atoms with Crippen LogP contribution in [0, 0.1) is 9.49 Å². The second kappa shape index (κ2) is 9.45. The van der Waals surface area contributed by atoms with Crippen LogP contribution in [0.3, 0.4) is 0 Å². The zero-order valence-electron chi connectivity index (χ0n) is 15.4. The van der Waals surface area contributed by atoms with Crippen molar-refractivity contribution in [1.29, 1.82) is 0 Å². The Balaban J connectivity index is 1.74. The molecule has 0 saturated carbocycles. The van der Waals surface area contributed by atoms with E-state index in [1.807, 2.05) is 42.5 Å². The van der Waals surface area contributed by atoms with Gasteiger partial charge in [-0.1, -0.05) is 32.0 Å². The highest BCUT2D eigenvalue weighted by molar-refractivity contribution is 14.1. The van der Waals surface area contributed by atoms with Crippen molar-refractivity contribution in [3.63, 3.8) is 0 Å². The number of halogens is 2. The molecule has 0 N–H and O–H groups in total. The van der Waals surface area contributed by atoms with Gasteiger partial charge < -0.3 is 4.74 Å². The van der Waals surface area contributed by atoms with E-state index in [9.17, 15) is 9.59 Å². The second-order valence-corrected chi connectivity index (χ2v) is 9.88. The Kier molecular flexibility index (Phi) is 7.22. The summed E-state index contributed by atoms with van der Waals surface area (Å²) in [4.78, 5) is 26.7. The minimum absolute atomic E-state index is 0.245. The van der Waals surface area contributed by atoms with Gasteiger partial charge in [0.05, 0.1) is 22.5 Å². The van der Waals surface area contributed by atoms with Crippen LogP contribution in [-0.2, 0) is 11.3 Å². The van der Waals surface area contributed by atoms with Gasteiger partial charge in [0.25, 0.3) is 11.1 Å². The Morgan fingerprint density at radius 1 is 1.18 bits per heavy atom. The summed E-state index contributed by atoms with van der Waals surface area (Å²) in [6.45, 7) is 5.10. The Morgan fingerprint density at radius 2 is 1.89 bits per heavy atom. The second-order valence-electron chi connectivity index (χ2n) is 6.79. The van der Waals surface area contributed by atoms with Crippen LogP contribution in [0.1, 0.15) is 25.0 Å². The Labute approximate surface area is 191 Å². The van der Waals surface area contributed by atoms with E-state index < -0.39 is 0 Å². The van der Waals surface area contributed by atoms with Crippen molar-refractivity contribution in [3.05, 3.63) is 66.5 Å². The fourth-order valence-corrected chi connectivity index (χ4v) is 4.25. The quantitative estimate of drug-likeness (QED) is 0.300. The average molecular weight is 572 g/mol. The van der Waals surface area contributed by atoms with Gasteiger partial charge >= 0.3 is 0 Å². The molecule has 0 aromatic heterocycles. The highest BCUT2D eigenvalue weighted by Crippen LogP contribution is 2.34. The number of ether oxygens (including phenoxy) is 1. The maximum atomic E-state index is 12.7. The number of thioether (sulfide) groups is 1. The number of imide groups is 1. The molecule has 0 atom stereocenters. The first-order valence-electron chi connectivity index (χ1n) is 8.75. The highest BCUT2D eigenvalue weighted by atomic mass is 127. The zero-order chi connectivity index (χ0) is 20.3. The van der Waals surface area contributed by atoms with E-state index in [1.54, 1.807) is 6.08 Å². The average Bonchev–Trinajstić information content (AvgIpc) is 2.90. The van der Waals surface area contributed by atoms with E-state index in [4.69, 9.17) is 4.74 Å². The lowest BCUT2D eigenvalue weighted by Gasteiger charge is -2.12. The first-order valence-corrected chi connectivity index (χ1v) is 11.4. The van der Waals surface area contributed by atoms with E-state index in [0.29, 0.717) is 17.4 Å². The van der Waals surface area contributed by atoms with Crippen molar-refractivity contribution >= 4 is 67.5 Å². The molecule has 2 aromatic rings. The molecule has 0 radical (unpaired) electrons. The predicted molar refractivity (Wildman–Crippen MR) is 125 cm³/mol. The summed E-state index contributed by atoms with van der Waals surface area (Å²) >= 11 is 6.71. The topological polar surface area (TPSA) is 46.6 Å². The molecule has 0 unspecified atom stereocenters. The Morgan fingerprint density at radius 3 is 2.54 bits per heavy atom. The molecule has 1 aliphatic heterocycles. The number of hydrogen-bond donors (Lipinski definition) is 0. The monoisotopic (exact) mass is 571 g/mol. The van der Waals surface area contributed by atoms with Gasteiger partial charge in [0.2, 0.25) is 0 Å². The third kappa shape index (κ3) is 5.39. The third-order valence-corrected chi connectivity index (χ3v) is 6.20. The number of amides is 2. The molecule has 1 saturated heterocycles. The highest BCUT2D eigenvalue weighted by Gasteiger charge is 2.34. The van der Waals surface area contributed by atoms with Gasteiger partial charge in [-0.25, -0.2) is 0 Å². The van der Waals surface area contributed by atoms with Crippen molar-refractivity contribution in [3.8, 4) is 5.75 Å². The van der Waals surface area contributed by atoms with Crippen LogP contribution in [0.25, 0.3) is 6.08 Å². The number of carbonyl (C=O) groups excluding carboxylic acids is 2. The van der Waals surface area contributed by atoms with Crippen LogP contribution in [0.4, 0.5) is 4.79 Å². The van der Waals surface area contributed by atoms with Crippen LogP contribution < -0.4 is 4.74 Å². The molecule has 28 heavy (non-hydrogen) atoms. The number of nitrogens with zero attached hydrogens (tertiary/aromatic N) is 1. The van der Waals surface area contributed by atoms with Crippen molar-refractivity contribution < 1.29 is 14.3 Å². The lowest BCUT2D eigenvalue weighted by molar-refractivity contribution is -0.123. The first kappa shape index (κ1) is 21.4. The summed E-state index contributed by atoms with van der Waals surface area (Å²) in [5.74, 6) is 0.939. The standard InChI is InChI=1S/C21H19BrINO3S/c1-13(2)12-27-18-8-5-15(9-17(18)22)10-19-20(25)24(21(26)28-19)11-14-3-6-16(23)7-4-14/h3-10,13H,11-12H2,1-2H3/b19-10+. The summed E-state index contributed by atoms with van der Waals surface area (Å²) in [5.41, 5.74) is 1.77. The molecule has 3 rings (SSSR count). The molecular formula is C21H19BrINO3S. The smallest absolute Gasteiger partial charge is 0.293 e. The van der Waals surface area contributed by atoms with Gasteiger partial charge in [0.15, 0.2) is 0 Å². The van der Waals surface area contributed by atoms with E-state index >= 15 is 0 Å². The lowest BCUT2D eigenvalue weighted by Crippen LogP contribution is -2.27. The molecule has 1 fully saturated rings. The molecule has 0 spiro atoms. The third-order valence-electron chi connectivity index (χ3n) is 3.95. The number of rotatable bonds is 6. The van der Waals surface area contributed by atoms with Crippen molar-refractivity contribution in [2.24, 2.45) is 5.92 Å². The van der Waals surface area contributed by atoms with Gasteiger partial charge in [-0.05, 0) is 97.7 Å². The SMILES string of the molecule is CC(C)COc1ccc(/C=C2/SC(=O)N(Cc3ccc(I)cc3)C2=O)cc1Br. The maximum absolute atomic E-state index is 12.7. The van der Waals surface area contributed by atoms with Crippen molar-refractivity contribution in [2.45, 2.75) is 20.4 Å². The summed E-state index contributed by atoms with van der Waals surface area (Å²) in [6, 6.07) is 13.4.